The summed E-state index contributed by atoms with van der Waals surface area (Å²) in [5.41, 5.74) is 1.91. The number of hydrogen-bond donors (Lipinski definition) is 1. The van der Waals surface area contributed by atoms with Crippen molar-refractivity contribution in [2.45, 2.75) is 44.4 Å². The number of carbonyl (C=O) groups is 1. The minimum atomic E-state index is -3.55. The fraction of sp³-hybridized carbons (Fsp3) is 0.241. The Morgan fingerprint density at radius 1 is 0.947 bits per heavy atom. The van der Waals surface area contributed by atoms with Crippen LogP contribution in [-0.2, 0) is 14.8 Å². The van der Waals surface area contributed by atoms with E-state index in [1.807, 2.05) is 6.92 Å². The average molecular weight is 538 g/mol. The quantitative estimate of drug-likeness (QED) is 0.159. The van der Waals surface area contributed by atoms with Gasteiger partial charge in [-0.3, -0.25) is 9.59 Å². The second kappa shape index (κ2) is 11.7. The molecule has 1 heterocycles. The predicted molar refractivity (Wildman–Crippen MR) is 143 cm³/mol. The minimum absolute atomic E-state index is 0.162. The smallest absolute Gasteiger partial charge is 0.311 e. The molecule has 3 aromatic carbocycles. The largest absolute Gasteiger partial charge is 0.460 e. The molecule has 0 amide bonds. The third-order valence-electron chi connectivity index (χ3n) is 6.09. The Bertz CT molecular complexity index is 1610. The van der Waals surface area contributed by atoms with E-state index in [1.54, 1.807) is 31.2 Å². The van der Waals surface area contributed by atoms with Crippen molar-refractivity contribution >= 4 is 27.0 Å². The van der Waals surface area contributed by atoms with Gasteiger partial charge in [0.1, 0.15) is 22.9 Å². The standard InChI is InChI=1S/C29H28FNO6S/c1-19-7-14-24(15-8-19)38(34,35)31-17-5-3-4-6-27(32)37-23-13-16-25-26(18-23)36-20(2)28(29(25)33)21-9-11-22(30)12-10-21/h7-16,18,31H,3-6,17H2,1-2H3. The molecule has 198 valence electrons. The Kier molecular flexibility index (Phi) is 8.38. The zero-order valence-corrected chi connectivity index (χ0v) is 21.9. The van der Waals surface area contributed by atoms with Gasteiger partial charge in [-0.05, 0) is 68.7 Å². The molecule has 0 unspecified atom stereocenters. The summed E-state index contributed by atoms with van der Waals surface area (Å²) in [6, 6.07) is 16.8. The van der Waals surface area contributed by atoms with Gasteiger partial charge in [-0.15, -0.1) is 0 Å². The van der Waals surface area contributed by atoms with Gasteiger partial charge in [-0.1, -0.05) is 36.2 Å². The fourth-order valence-corrected chi connectivity index (χ4v) is 5.13. The molecule has 4 aromatic rings. The number of nitrogens with one attached hydrogen (secondary N) is 1. The number of rotatable bonds is 10. The number of ether oxygens (including phenoxy) is 1. The highest BCUT2D eigenvalue weighted by molar-refractivity contribution is 7.89. The summed E-state index contributed by atoms with van der Waals surface area (Å²) in [5.74, 6) is -0.210. The molecule has 0 aliphatic rings. The highest BCUT2D eigenvalue weighted by atomic mass is 32.2. The molecule has 0 radical (unpaired) electrons. The third kappa shape index (κ3) is 6.54. The van der Waals surface area contributed by atoms with Crippen molar-refractivity contribution < 1.29 is 26.8 Å². The van der Waals surface area contributed by atoms with Crippen molar-refractivity contribution in [3.8, 4) is 16.9 Å². The van der Waals surface area contributed by atoms with Crippen LogP contribution in [0.15, 0.2) is 80.8 Å². The van der Waals surface area contributed by atoms with Gasteiger partial charge >= 0.3 is 5.97 Å². The average Bonchev–Trinajstić information content (AvgIpc) is 2.87. The van der Waals surface area contributed by atoms with E-state index < -0.39 is 21.8 Å². The molecule has 0 atom stereocenters. The van der Waals surface area contributed by atoms with Crippen LogP contribution in [0.25, 0.3) is 22.1 Å². The van der Waals surface area contributed by atoms with Crippen LogP contribution in [0.5, 0.6) is 5.75 Å². The van der Waals surface area contributed by atoms with Crippen LogP contribution in [0, 0.1) is 19.7 Å². The summed E-state index contributed by atoms with van der Waals surface area (Å²) in [7, 11) is -3.55. The van der Waals surface area contributed by atoms with E-state index in [1.165, 1.54) is 42.5 Å². The van der Waals surface area contributed by atoms with Crippen molar-refractivity contribution in [1.29, 1.82) is 0 Å². The lowest BCUT2D eigenvalue weighted by Crippen LogP contribution is -2.24. The summed E-state index contributed by atoms with van der Waals surface area (Å²) in [6.45, 7) is 3.81. The summed E-state index contributed by atoms with van der Waals surface area (Å²) in [4.78, 5) is 25.6. The van der Waals surface area contributed by atoms with Gasteiger partial charge < -0.3 is 9.15 Å². The molecule has 0 saturated carbocycles. The van der Waals surface area contributed by atoms with Crippen LogP contribution in [0.4, 0.5) is 4.39 Å². The molecule has 1 N–H and O–H groups in total. The Labute approximate surface area is 220 Å². The van der Waals surface area contributed by atoms with Crippen LogP contribution in [-0.4, -0.2) is 20.9 Å². The lowest BCUT2D eigenvalue weighted by molar-refractivity contribution is -0.134. The molecule has 38 heavy (non-hydrogen) atoms. The fourth-order valence-electron chi connectivity index (χ4n) is 4.06. The molecule has 0 bridgehead atoms. The maximum Gasteiger partial charge on any atom is 0.311 e. The zero-order chi connectivity index (χ0) is 27.3. The molecule has 0 aliphatic carbocycles. The molecule has 1 aromatic heterocycles. The van der Waals surface area contributed by atoms with Gasteiger partial charge in [0.25, 0.3) is 0 Å². The number of halogens is 1. The lowest BCUT2D eigenvalue weighted by atomic mass is 10.0. The summed E-state index contributed by atoms with van der Waals surface area (Å²) >= 11 is 0. The minimum Gasteiger partial charge on any atom is -0.460 e. The Balaban J connectivity index is 1.29. The molecule has 4 rings (SSSR count). The van der Waals surface area contributed by atoms with Crippen molar-refractivity contribution in [2.75, 3.05) is 6.54 Å². The summed E-state index contributed by atoms with van der Waals surface area (Å²) in [6.07, 6.45) is 1.92. The number of carbonyl (C=O) groups excluding carboxylic acids is 1. The normalized spacial score (nSPS) is 11.6. The van der Waals surface area contributed by atoms with E-state index >= 15 is 0 Å². The highest BCUT2D eigenvalue weighted by Crippen LogP contribution is 2.27. The van der Waals surface area contributed by atoms with Gasteiger partial charge in [0.2, 0.25) is 15.5 Å². The van der Waals surface area contributed by atoms with Crippen molar-refractivity contribution in [3.05, 3.63) is 94.1 Å². The molecule has 0 fully saturated rings. The van der Waals surface area contributed by atoms with E-state index in [4.69, 9.17) is 9.15 Å². The number of benzene rings is 3. The van der Waals surface area contributed by atoms with Gasteiger partial charge in [-0.2, -0.15) is 0 Å². The van der Waals surface area contributed by atoms with E-state index in [0.29, 0.717) is 41.5 Å². The molecule has 0 spiro atoms. The summed E-state index contributed by atoms with van der Waals surface area (Å²) in [5, 5.41) is 0.322. The number of sulfonamides is 1. The van der Waals surface area contributed by atoms with Crippen LogP contribution in [0.1, 0.15) is 37.0 Å². The first-order valence-corrected chi connectivity index (χ1v) is 13.7. The first-order valence-electron chi connectivity index (χ1n) is 12.2. The second-order valence-electron chi connectivity index (χ2n) is 9.02. The molecular weight excluding hydrogens is 509 g/mol. The van der Waals surface area contributed by atoms with Gasteiger partial charge in [0, 0.05) is 19.0 Å². The second-order valence-corrected chi connectivity index (χ2v) is 10.8. The van der Waals surface area contributed by atoms with Crippen LogP contribution in [0.2, 0.25) is 0 Å². The van der Waals surface area contributed by atoms with Crippen molar-refractivity contribution in [1.82, 2.24) is 4.72 Å². The third-order valence-corrected chi connectivity index (χ3v) is 7.56. The van der Waals surface area contributed by atoms with Crippen molar-refractivity contribution in [2.24, 2.45) is 0 Å². The van der Waals surface area contributed by atoms with E-state index in [0.717, 1.165) is 5.56 Å². The number of fused-ring (bicyclic) bond motifs is 1. The van der Waals surface area contributed by atoms with E-state index in [9.17, 15) is 22.4 Å². The predicted octanol–water partition coefficient (Wildman–Crippen LogP) is 5.66. The van der Waals surface area contributed by atoms with E-state index in [2.05, 4.69) is 4.72 Å². The summed E-state index contributed by atoms with van der Waals surface area (Å²) < 4.78 is 51.7. The number of aryl methyl sites for hydroxylation is 2. The maximum atomic E-state index is 13.3. The van der Waals surface area contributed by atoms with Crippen LogP contribution in [0.3, 0.4) is 0 Å². The van der Waals surface area contributed by atoms with Crippen molar-refractivity contribution in [3.63, 3.8) is 0 Å². The van der Waals surface area contributed by atoms with Crippen LogP contribution < -0.4 is 14.9 Å². The first-order chi connectivity index (χ1) is 18.1. The molecule has 0 aliphatic heterocycles. The monoisotopic (exact) mass is 537 g/mol. The maximum absolute atomic E-state index is 13.3. The first kappa shape index (κ1) is 27.2. The molecule has 9 heteroatoms. The number of unbranched alkanes of at least 4 members (excludes halogenated alkanes) is 2. The number of esters is 1. The van der Waals surface area contributed by atoms with Crippen LogP contribution >= 0.6 is 0 Å². The number of hydrogen-bond acceptors (Lipinski definition) is 6. The highest BCUT2D eigenvalue weighted by Gasteiger charge is 2.16. The topological polar surface area (TPSA) is 103 Å². The van der Waals surface area contributed by atoms with Gasteiger partial charge in [0.15, 0.2) is 0 Å². The lowest BCUT2D eigenvalue weighted by Gasteiger charge is -2.09. The molecular formula is C29H28FNO6S. The molecule has 0 saturated heterocycles. The molecule has 7 nitrogen and oxygen atoms in total. The zero-order valence-electron chi connectivity index (χ0n) is 21.1. The Morgan fingerprint density at radius 2 is 1.66 bits per heavy atom. The SMILES string of the molecule is Cc1ccc(S(=O)(=O)NCCCCCC(=O)Oc2ccc3c(=O)c(-c4ccc(F)cc4)c(C)oc3c2)cc1. The van der Waals surface area contributed by atoms with Gasteiger partial charge in [0.05, 0.1) is 15.8 Å². The van der Waals surface area contributed by atoms with E-state index in [-0.39, 0.29) is 34.6 Å². The Morgan fingerprint density at radius 3 is 2.37 bits per heavy atom. The van der Waals surface area contributed by atoms with Gasteiger partial charge in [-0.25, -0.2) is 17.5 Å². The Hall–Kier alpha value is -3.82.